The maximum Gasteiger partial charge on any atom is 0.192 e. The van der Waals surface area contributed by atoms with E-state index in [-0.39, 0.29) is 0 Å². The summed E-state index contributed by atoms with van der Waals surface area (Å²) >= 11 is 1.91. The molecule has 0 aliphatic heterocycles. The molecule has 0 atom stereocenters. The van der Waals surface area contributed by atoms with Crippen LogP contribution in [0.25, 0.3) is 0 Å². The van der Waals surface area contributed by atoms with Gasteiger partial charge in [-0.15, -0.1) is 0 Å². The van der Waals surface area contributed by atoms with E-state index in [0.29, 0.717) is 0 Å². The minimum atomic E-state index is 0.985. The molecule has 0 heterocycles. The molecule has 1 rings (SSSR count). The first-order chi connectivity index (χ1) is 5.27. The molecule has 1 nitrogen and oxygen atoms in total. The topological polar surface area (TPSA) is 9.23 Å². The third-order valence-corrected chi connectivity index (χ3v) is 2.15. The molecule has 60 valence electrons. The number of aryl methyl sites for hydroxylation is 2. The number of benzene rings is 1. The Morgan fingerprint density at radius 1 is 1.45 bits per heavy atom. The molecule has 0 unspecified atom stereocenters. The first-order valence-electron chi connectivity index (χ1n) is 3.66. The Labute approximate surface area is 81.5 Å². The van der Waals surface area contributed by atoms with E-state index in [9.17, 15) is 0 Å². The molecular weight excluding hydrogens is 251 g/mol. The second kappa shape index (κ2) is 3.95. The fraction of sp³-hybridized carbons (Fsp3) is 0.333. The number of rotatable bonds is 2. The van der Waals surface area contributed by atoms with Gasteiger partial charge in [0.1, 0.15) is 5.75 Å². The van der Waals surface area contributed by atoms with Crippen molar-refractivity contribution in [1.82, 2.24) is 0 Å². The maximum atomic E-state index is 5.16. The van der Waals surface area contributed by atoms with Crippen LogP contribution in [0.15, 0.2) is 18.2 Å². The van der Waals surface area contributed by atoms with Gasteiger partial charge >= 0.3 is 0 Å². The third-order valence-electron chi connectivity index (χ3n) is 1.68. The lowest BCUT2D eigenvalue weighted by Gasteiger charge is -2.04. The molecule has 0 spiro atoms. The minimum absolute atomic E-state index is 0.985. The van der Waals surface area contributed by atoms with Crippen LogP contribution in [0.3, 0.4) is 0 Å². The molecule has 0 N–H and O–H groups in total. The van der Waals surface area contributed by atoms with Crippen molar-refractivity contribution in [3.05, 3.63) is 29.3 Å². The van der Waals surface area contributed by atoms with Gasteiger partial charge in [-0.2, -0.15) is 0 Å². The lowest BCUT2D eigenvalue weighted by Crippen LogP contribution is -1.86. The van der Waals surface area contributed by atoms with Crippen molar-refractivity contribution in [2.75, 3.05) is 0 Å². The van der Waals surface area contributed by atoms with Gasteiger partial charge in [0.2, 0.25) is 0 Å². The van der Waals surface area contributed by atoms with Crippen LogP contribution < -0.4 is 3.07 Å². The van der Waals surface area contributed by atoms with Crippen molar-refractivity contribution < 1.29 is 3.07 Å². The summed E-state index contributed by atoms with van der Waals surface area (Å²) in [4.78, 5) is 0. The first-order valence-corrected chi connectivity index (χ1v) is 4.54. The molecule has 0 aliphatic rings. The first kappa shape index (κ1) is 8.84. The van der Waals surface area contributed by atoms with Crippen LogP contribution in [0.1, 0.15) is 18.1 Å². The molecule has 0 fully saturated rings. The summed E-state index contributed by atoms with van der Waals surface area (Å²) in [6, 6.07) is 6.24. The predicted octanol–water partition coefficient (Wildman–Crippen LogP) is 3.29. The predicted molar refractivity (Wildman–Crippen MR) is 55.2 cm³/mol. The zero-order chi connectivity index (χ0) is 8.27. The molecule has 0 radical (unpaired) electrons. The average molecular weight is 262 g/mol. The van der Waals surface area contributed by atoms with E-state index in [1.54, 1.807) is 0 Å². The van der Waals surface area contributed by atoms with Crippen LogP contribution in [0.4, 0.5) is 0 Å². The smallest absolute Gasteiger partial charge is 0.192 e. The Morgan fingerprint density at radius 2 is 2.18 bits per heavy atom. The summed E-state index contributed by atoms with van der Waals surface area (Å²) in [5.41, 5.74) is 2.57. The van der Waals surface area contributed by atoms with Gasteiger partial charge in [0.15, 0.2) is 23.0 Å². The standard InChI is InChI=1S/C9H11IO/c1-3-8-6-7(2)4-5-9(8)11-10/h4-6H,3H2,1-2H3. The molecule has 11 heavy (non-hydrogen) atoms. The zero-order valence-electron chi connectivity index (χ0n) is 6.73. The summed E-state index contributed by atoms with van der Waals surface area (Å²) in [5, 5.41) is 0. The minimum Gasteiger partial charge on any atom is -0.427 e. The molecule has 0 saturated carbocycles. The van der Waals surface area contributed by atoms with Crippen molar-refractivity contribution in [3.8, 4) is 5.75 Å². The van der Waals surface area contributed by atoms with Gasteiger partial charge in [0, 0.05) is 0 Å². The molecule has 0 amide bonds. The van der Waals surface area contributed by atoms with Gasteiger partial charge < -0.3 is 3.07 Å². The van der Waals surface area contributed by atoms with E-state index in [1.807, 2.05) is 29.1 Å². The van der Waals surface area contributed by atoms with E-state index in [0.717, 1.165) is 12.2 Å². The zero-order valence-corrected chi connectivity index (χ0v) is 8.88. The number of halogens is 1. The van der Waals surface area contributed by atoms with Gasteiger partial charge in [-0.25, -0.2) is 0 Å². The summed E-state index contributed by atoms with van der Waals surface area (Å²) in [6.07, 6.45) is 1.03. The Balaban J connectivity index is 3.06. The quantitative estimate of drug-likeness (QED) is 0.743. The van der Waals surface area contributed by atoms with Crippen molar-refractivity contribution in [2.45, 2.75) is 20.3 Å². The SMILES string of the molecule is CCc1cc(C)ccc1OI. The van der Waals surface area contributed by atoms with Gasteiger partial charge in [-0.1, -0.05) is 24.6 Å². The van der Waals surface area contributed by atoms with E-state index >= 15 is 0 Å². The highest BCUT2D eigenvalue weighted by molar-refractivity contribution is 14.1. The monoisotopic (exact) mass is 262 g/mol. The highest BCUT2D eigenvalue weighted by atomic mass is 127. The van der Waals surface area contributed by atoms with Gasteiger partial charge in [-0.05, 0) is 25.0 Å². The molecule has 0 bridgehead atoms. The van der Waals surface area contributed by atoms with Crippen LogP contribution in [0.2, 0.25) is 0 Å². The van der Waals surface area contributed by atoms with E-state index in [4.69, 9.17) is 3.07 Å². The van der Waals surface area contributed by atoms with Gasteiger partial charge in [0.25, 0.3) is 0 Å². The molecule has 2 heteroatoms. The molecular formula is C9H11IO. The summed E-state index contributed by atoms with van der Waals surface area (Å²) < 4.78 is 5.16. The number of hydrogen-bond acceptors (Lipinski definition) is 1. The van der Waals surface area contributed by atoms with Crippen molar-refractivity contribution in [2.24, 2.45) is 0 Å². The highest BCUT2D eigenvalue weighted by Crippen LogP contribution is 2.21. The Bertz CT molecular complexity index is 245. The normalized spacial score (nSPS) is 9.73. The molecule has 0 saturated heterocycles. The third kappa shape index (κ3) is 2.09. The highest BCUT2D eigenvalue weighted by Gasteiger charge is 1.99. The van der Waals surface area contributed by atoms with Crippen LogP contribution in [0, 0.1) is 6.92 Å². The fourth-order valence-electron chi connectivity index (χ4n) is 1.06. The largest absolute Gasteiger partial charge is 0.427 e. The molecule has 1 aromatic rings. The van der Waals surface area contributed by atoms with Gasteiger partial charge in [-0.3, -0.25) is 0 Å². The summed E-state index contributed by atoms with van der Waals surface area (Å²) in [7, 11) is 0. The van der Waals surface area contributed by atoms with Crippen molar-refractivity contribution in [1.29, 1.82) is 0 Å². The second-order valence-electron chi connectivity index (χ2n) is 2.54. The Morgan fingerprint density at radius 3 is 2.73 bits per heavy atom. The van der Waals surface area contributed by atoms with Crippen LogP contribution in [-0.4, -0.2) is 0 Å². The average Bonchev–Trinajstić information content (AvgIpc) is 2.04. The summed E-state index contributed by atoms with van der Waals surface area (Å²) in [5.74, 6) is 0.985. The lowest BCUT2D eigenvalue weighted by atomic mass is 10.1. The Kier molecular flexibility index (Phi) is 3.17. The van der Waals surface area contributed by atoms with Crippen LogP contribution in [0.5, 0.6) is 5.75 Å². The maximum absolute atomic E-state index is 5.16. The molecule has 0 aliphatic carbocycles. The van der Waals surface area contributed by atoms with Crippen molar-refractivity contribution in [3.63, 3.8) is 0 Å². The summed E-state index contributed by atoms with van der Waals surface area (Å²) in [6.45, 7) is 4.23. The van der Waals surface area contributed by atoms with Crippen molar-refractivity contribution >= 4 is 23.0 Å². The fourth-order valence-corrected chi connectivity index (χ4v) is 1.49. The van der Waals surface area contributed by atoms with Crippen LogP contribution >= 0.6 is 23.0 Å². The van der Waals surface area contributed by atoms with Crippen LogP contribution in [-0.2, 0) is 6.42 Å². The number of hydrogen-bond donors (Lipinski definition) is 0. The van der Waals surface area contributed by atoms with E-state index in [1.165, 1.54) is 11.1 Å². The molecule has 0 aromatic heterocycles. The lowest BCUT2D eigenvalue weighted by molar-refractivity contribution is 0.702. The van der Waals surface area contributed by atoms with Gasteiger partial charge in [0.05, 0.1) is 0 Å². The Hall–Kier alpha value is -0.250. The van der Waals surface area contributed by atoms with E-state index < -0.39 is 0 Å². The molecule has 1 aromatic carbocycles. The van der Waals surface area contributed by atoms with E-state index in [2.05, 4.69) is 26.0 Å². The second-order valence-corrected chi connectivity index (χ2v) is 2.98.